The van der Waals surface area contributed by atoms with Crippen molar-refractivity contribution in [2.24, 2.45) is 0 Å². The van der Waals surface area contributed by atoms with Crippen molar-refractivity contribution in [2.45, 2.75) is 18.6 Å². The topological polar surface area (TPSA) is 76.6 Å². The number of rotatable bonds is 3. The van der Waals surface area contributed by atoms with E-state index in [9.17, 15) is 9.18 Å². The zero-order chi connectivity index (χ0) is 18.9. The fourth-order valence-corrected chi connectivity index (χ4v) is 3.41. The van der Waals surface area contributed by atoms with Crippen molar-refractivity contribution in [2.75, 3.05) is 31.6 Å². The minimum absolute atomic E-state index is 0.00453. The van der Waals surface area contributed by atoms with Gasteiger partial charge in [-0.25, -0.2) is 14.4 Å². The Labute approximate surface area is 160 Å². The molecule has 0 radical (unpaired) electrons. The van der Waals surface area contributed by atoms with Gasteiger partial charge in [0.25, 0.3) is 5.91 Å². The van der Waals surface area contributed by atoms with Gasteiger partial charge in [-0.05, 0) is 18.2 Å². The zero-order valence-electron chi connectivity index (χ0n) is 14.5. The molecule has 27 heavy (non-hydrogen) atoms. The molecule has 0 atom stereocenters. The van der Waals surface area contributed by atoms with Crippen LogP contribution in [0.5, 0.6) is 0 Å². The Morgan fingerprint density at radius 1 is 1.19 bits per heavy atom. The first-order chi connectivity index (χ1) is 13.0. The molecule has 9 heteroatoms. The predicted octanol–water partition coefficient (Wildman–Crippen LogP) is 2.99. The summed E-state index contributed by atoms with van der Waals surface area (Å²) in [6, 6.07) is 4.22. The highest BCUT2D eigenvalue weighted by Crippen LogP contribution is 2.31. The molecule has 142 valence electrons. The molecule has 1 spiro atoms. The molecule has 1 amide bonds. The fraction of sp³-hybridized carbons (Fsp3) is 0.389. The Morgan fingerprint density at radius 2 is 1.85 bits per heavy atom. The molecule has 2 fully saturated rings. The predicted molar refractivity (Wildman–Crippen MR) is 96.5 cm³/mol. The molecular formula is C18H18ClFN4O3. The van der Waals surface area contributed by atoms with E-state index >= 15 is 0 Å². The van der Waals surface area contributed by atoms with Crippen LogP contribution in [0.15, 0.2) is 30.6 Å². The first-order valence-electron chi connectivity index (χ1n) is 8.66. The normalized spacial score (nSPS) is 18.7. The van der Waals surface area contributed by atoms with E-state index in [1.165, 1.54) is 30.6 Å². The van der Waals surface area contributed by atoms with Gasteiger partial charge in [0.05, 0.1) is 23.8 Å². The number of likely N-dealkylation sites (tertiary alicyclic amines) is 1. The maximum absolute atomic E-state index is 13.2. The molecule has 4 rings (SSSR count). The number of carbonyl (C=O) groups excluding carboxylic acids is 1. The van der Waals surface area contributed by atoms with Gasteiger partial charge in [0, 0.05) is 44.0 Å². The number of carbonyl (C=O) groups is 1. The third-order valence-corrected chi connectivity index (χ3v) is 4.99. The van der Waals surface area contributed by atoms with E-state index in [1.807, 2.05) is 0 Å². The summed E-state index contributed by atoms with van der Waals surface area (Å²) < 4.78 is 24.6. The highest BCUT2D eigenvalue weighted by atomic mass is 35.5. The molecular weight excluding hydrogens is 375 g/mol. The fourth-order valence-electron chi connectivity index (χ4n) is 3.22. The van der Waals surface area contributed by atoms with Gasteiger partial charge in [-0.15, -0.1) is 0 Å². The van der Waals surface area contributed by atoms with Gasteiger partial charge in [0.1, 0.15) is 5.82 Å². The van der Waals surface area contributed by atoms with Crippen molar-refractivity contribution < 1.29 is 18.7 Å². The molecule has 2 saturated heterocycles. The number of nitrogens with zero attached hydrogens (tertiary/aromatic N) is 3. The number of anilines is 2. The summed E-state index contributed by atoms with van der Waals surface area (Å²) >= 11 is 5.75. The lowest BCUT2D eigenvalue weighted by molar-refractivity contribution is -0.181. The van der Waals surface area contributed by atoms with Crippen LogP contribution >= 0.6 is 11.6 Å². The molecule has 2 aliphatic rings. The van der Waals surface area contributed by atoms with Crippen molar-refractivity contribution in [3.05, 3.63) is 47.0 Å². The van der Waals surface area contributed by atoms with E-state index in [2.05, 4.69) is 15.3 Å². The van der Waals surface area contributed by atoms with E-state index in [0.717, 1.165) is 0 Å². The maximum atomic E-state index is 13.2. The van der Waals surface area contributed by atoms with E-state index in [-0.39, 0.29) is 10.9 Å². The quantitative estimate of drug-likeness (QED) is 0.865. The van der Waals surface area contributed by atoms with Gasteiger partial charge in [0.2, 0.25) is 5.95 Å². The van der Waals surface area contributed by atoms with Crippen LogP contribution in [0.4, 0.5) is 16.0 Å². The van der Waals surface area contributed by atoms with Crippen molar-refractivity contribution in [3.63, 3.8) is 0 Å². The second kappa shape index (κ2) is 7.38. The highest BCUT2D eigenvalue weighted by molar-refractivity contribution is 6.31. The Kier molecular flexibility index (Phi) is 4.94. The Bertz CT molecular complexity index is 833. The third-order valence-electron chi connectivity index (χ3n) is 4.70. The number of ether oxygens (including phenoxy) is 2. The molecule has 0 bridgehead atoms. The van der Waals surface area contributed by atoms with Crippen molar-refractivity contribution in [1.82, 2.24) is 14.9 Å². The molecule has 0 saturated carbocycles. The Balaban J connectivity index is 1.38. The van der Waals surface area contributed by atoms with Gasteiger partial charge in [-0.1, -0.05) is 11.6 Å². The van der Waals surface area contributed by atoms with Crippen LogP contribution in [0, 0.1) is 5.82 Å². The summed E-state index contributed by atoms with van der Waals surface area (Å²) in [5, 5.41) is 2.92. The summed E-state index contributed by atoms with van der Waals surface area (Å²) in [7, 11) is 0. The molecule has 2 aliphatic heterocycles. The van der Waals surface area contributed by atoms with Gasteiger partial charge in [-0.2, -0.15) is 0 Å². The molecule has 1 aromatic carbocycles. The van der Waals surface area contributed by atoms with Crippen LogP contribution in [0.3, 0.4) is 0 Å². The number of piperidine rings is 1. The monoisotopic (exact) mass is 392 g/mol. The smallest absolute Gasteiger partial charge is 0.256 e. The van der Waals surface area contributed by atoms with Crippen LogP contribution in [-0.4, -0.2) is 52.9 Å². The summed E-state index contributed by atoms with van der Waals surface area (Å²) in [4.78, 5) is 22.7. The average Bonchev–Trinajstić information content (AvgIpc) is 3.13. The molecule has 1 N–H and O–H groups in total. The van der Waals surface area contributed by atoms with E-state index < -0.39 is 11.6 Å². The van der Waals surface area contributed by atoms with Crippen LogP contribution in [0.2, 0.25) is 5.02 Å². The van der Waals surface area contributed by atoms with E-state index in [4.69, 9.17) is 21.1 Å². The number of aromatic nitrogens is 2. The second-order valence-electron chi connectivity index (χ2n) is 6.45. The third kappa shape index (κ3) is 3.87. The SMILES string of the molecule is O=C(c1cnc(Nc2ccc(F)c(Cl)c2)nc1)N1CCC2(CC1)OCCO2. The first kappa shape index (κ1) is 18.1. The summed E-state index contributed by atoms with van der Waals surface area (Å²) in [6.45, 7) is 2.34. The lowest BCUT2D eigenvalue weighted by atomic mass is 10.0. The zero-order valence-corrected chi connectivity index (χ0v) is 15.2. The standard InChI is InChI=1S/C18H18ClFN4O3/c19-14-9-13(1-2-15(14)20)23-17-21-10-12(11-22-17)16(25)24-5-3-18(4-6-24)26-7-8-27-18/h1-2,9-11H,3-8H2,(H,21,22,23). The second-order valence-corrected chi connectivity index (χ2v) is 6.86. The van der Waals surface area contributed by atoms with Crippen molar-refractivity contribution in [3.8, 4) is 0 Å². The van der Waals surface area contributed by atoms with Gasteiger partial charge in [-0.3, -0.25) is 4.79 Å². The minimum atomic E-state index is -0.516. The average molecular weight is 393 g/mol. The number of halogens is 2. The number of hydrogen-bond acceptors (Lipinski definition) is 6. The van der Waals surface area contributed by atoms with Crippen LogP contribution < -0.4 is 5.32 Å². The van der Waals surface area contributed by atoms with Gasteiger partial charge < -0.3 is 19.7 Å². The Morgan fingerprint density at radius 3 is 2.48 bits per heavy atom. The number of amides is 1. The van der Waals surface area contributed by atoms with E-state index in [1.54, 1.807) is 4.90 Å². The maximum Gasteiger partial charge on any atom is 0.256 e. The molecule has 1 aromatic heterocycles. The van der Waals surface area contributed by atoms with Crippen molar-refractivity contribution in [1.29, 1.82) is 0 Å². The lowest BCUT2D eigenvalue weighted by Gasteiger charge is -2.37. The molecule has 7 nitrogen and oxygen atoms in total. The summed E-state index contributed by atoms with van der Waals surface area (Å²) in [6.07, 6.45) is 4.25. The van der Waals surface area contributed by atoms with Crippen LogP contribution in [-0.2, 0) is 9.47 Å². The summed E-state index contributed by atoms with van der Waals surface area (Å²) in [5.74, 6) is -0.850. The number of hydrogen-bond donors (Lipinski definition) is 1. The molecule has 0 unspecified atom stereocenters. The lowest BCUT2D eigenvalue weighted by Crippen LogP contribution is -2.47. The largest absolute Gasteiger partial charge is 0.347 e. The van der Waals surface area contributed by atoms with Crippen LogP contribution in [0.25, 0.3) is 0 Å². The number of benzene rings is 1. The first-order valence-corrected chi connectivity index (χ1v) is 9.04. The number of nitrogens with one attached hydrogen (secondary N) is 1. The summed E-state index contributed by atoms with van der Waals surface area (Å²) in [5.41, 5.74) is 0.959. The molecule has 3 heterocycles. The van der Waals surface area contributed by atoms with Crippen LogP contribution in [0.1, 0.15) is 23.2 Å². The van der Waals surface area contributed by atoms with Gasteiger partial charge in [0.15, 0.2) is 5.79 Å². The molecule has 2 aromatic rings. The Hall–Kier alpha value is -2.29. The van der Waals surface area contributed by atoms with Gasteiger partial charge >= 0.3 is 0 Å². The molecule has 0 aliphatic carbocycles. The van der Waals surface area contributed by atoms with Crippen molar-refractivity contribution >= 4 is 29.1 Å². The minimum Gasteiger partial charge on any atom is -0.347 e. The van der Waals surface area contributed by atoms with E-state index in [0.29, 0.717) is 56.3 Å². The highest BCUT2D eigenvalue weighted by Gasteiger charge is 2.40.